The number of piperidine rings is 1. The Hall–Kier alpha value is -1.93. The zero-order valence-electron chi connectivity index (χ0n) is 12.5. The van der Waals surface area contributed by atoms with Crippen molar-refractivity contribution in [3.05, 3.63) is 71.3 Å². The Bertz CT molecular complexity index is 620. The summed E-state index contributed by atoms with van der Waals surface area (Å²) in [6, 6.07) is 18.7. The normalized spacial score (nSPS) is 19.7. The molecule has 2 aromatic rings. The van der Waals surface area contributed by atoms with Gasteiger partial charge in [-0.05, 0) is 31.0 Å². The number of benzene rings is 2. The van der Waals surface area contributed by atoms with E-state index in [-0.39, 0.29) is 6.04 Å². The van der Waals surface area contributed by atoms with Gasteiger partial charge in [-0.25, -0.2) is 0 Å². The Labute approximate surface area is 126 Å². The molecule has 0 spiro atoms. The number of carbonyl (C=O) groups excluding carboxylic acids is 1. The summed E-state index contributed by atoms with van der Waals surface area (Å²) in [4.78, 5) is 14.8. The van der Waals surface area contributed by atoms with E-state index >= 15 is 0 Å². The average Bonchev–Trinajstić information content (AvgIpc) is 2.48. The van der Waals surface area contributed by atoms with E-state index in [0.29, 0.717) is 12.2 Å². The summed E-state index contributed by atoms with van der Waals surface area (Å²) in [7, 11) is 0. The molecule has 0 N–H and O–H groups in total. The van der Waals surface area contributed by atoms with Crippen molar-refractivity contribution in [1.82, 2.24) is 4.90 Å². The van der Waals surface area contributed by atoms with Crippen LogP contribution < -0.4 is 0 Å². The van der Waals surface area contributed by atoms with Crippen LogP contribution in [-0.2, 0) is 11.3 Å². The van der Waals surface area contributed by atoms with Gasteiger partial charge in [-0.3, -0.25) is 9.69 Å². The molecule has 21 heavy (non-hydrogen) atoms. The monoisotopic (exact) mass is 279 g/mol. The molecule has 1 aliphatic heterocycles. The summed E-state index contributed by atoms with van der Waals surface area (Å²) in [6.45, 7) is 3.91. The molecule has 1 heterocycles. The van der Waals surface area contributed by atoms with Gasteiger partial charge in [-0.1, -0.05) is 60.2 Å². The molecule has 2 nitrogen and oxygen atoms in total. The van der Waals surface area contributed by atoms with Crippen molar-refractivity contribution in [1.29, 1.82) is 0 Å². The van der Waals surface area contributed by atoms with E-state index in [2.05, 4.69) is 54.3 Å². The number of hydrogen-bond acceptors (Lipinski definition) is 2. The number of Topliss-reactive ketones (excluding diaryl/α,β-unsaturated/α-hetero) is 1. The van der Waals surface area contributed by atoms with Crippen molar-refractivity contribution < 1.29 is 4.79 Å². The third kappa shape index (κ3) is 3.22. The first-order chi connectivity index (χ1) is 10.2. The molecule has 0 bridgehead atoms. The van der Waals surface area contributed by atoms with Crippen molar-refractivity contribution in [2.45, 2.75) is 32.4 Å². The molecule has 3 rings (SSSR count). The molecule has 0 saturated carbocycles. The molecule has 1 atom stereocenters. The highest BCUT2D eigenvalue weighted by molar-refractivity contribution is 5.86. The highest BCUT2D eigenvalue weighted by Gasteiger charge is 2.30. The molecule has 0 amide bonds. The van der Waals surface area contributed by atoms with Gasteiger partial charge in [0.25, 0.3) is 0 Å². The van der Waals surface area contributed by atoms with Gasteiger partial charge in [0.1, 0.15) is 0 Å². The minimum atomic E-state index is -0.0844. The second-order valence-electron chi connectivity index (χ2n) is 5.84. The van der Waals surface area contributed by atoms with Crippen LogP contribution in [0.3, 0.4) is 0 Å². The van der Waals surface area contributed by atoms with E-state index in [1.165, 1.54) is 11.1 Å². The smallest absolute Gasteiger partial charge is 0.154 e. The second-order valence-corrected chi connectivity index (χ2v) is 5.84. The summed E-state index contributed by atoms with van der Waals surface area (Å²) < 4.78 is 0. The summed E-state index contributed by atoms with van der Waals surface area (Å²) in [6.07, 6.45) is 1.66. The molecule has 108 valence electrons. The van der Waals surface area contributed by atoms with E-state index in [1.54, 1.807) is 0 Å². The van der Waals surface area contributed by atoms with Crippen molar-refractivity contribution >= 4 is 5.78 Å². The van der Waals surface area contributed by atoms with Gasteiger partial charge < -0.3 is 0 Å². The number of ketones is 1. The van der Waals surface area contributed by atoms with Crippen LogP contribution in [0.4, 0.5) is 0 Å². The number of hydrogen-bond donors (Lipinski definition) is 0. The number of nitrogens with zero attached hydrogens (tertiary/aromatic N) is 1. The summed E-state index contributed by atoms with van der Waals surface area (Å²) in [5.41, 5.74) is 3.62. The van der Waals surface area contributed by atoms with E-state index in [9.17, 15) is 4.79 Å². The van der Waals surface area contributed by atoms with E-state index in [4.69, 9.17) is 0 Å². The molecule has 2 aromatic carbocycles. The van der Waals surface area contributed by atoms with Crippen LogP contribution in [0.25, 0.3) is 0 Å². The minimum Gasteiger partial charge on any atom is -0.298 e. The maximum absolute atomic E-state index is 12.5. The average molecular weight is 279 g/mol. The molecule has 1 fully saturated rings. The summed E-state index contributed by atoms with van der Waals surface area (Å²) >= 11 is 0. The molecule has 0 aliphatic carbocycles. The van der Waals surface area contributed by atoms with Crippen LogP contribution in [-0.4, -0.2) is 17.2 Å². The number of rotatable bonds is 3. The predicted molar refractivity (Wildman–Crippen MR) is 85.0 cm³/mol. The summed E-state index contributed by atoms with van der Waals surface area (Å²) in [5, 5.41) is 0. The first-order valence-corrected chi connectivity index (χ1v) is 7.61. The van der Waals surface area contributed by atoms with E-state index in [0.717, 1.165) is 25.1 Å². The standard InChI is InChI=1S/C19H21NO/c1-15-7-5-10-17(13-15)19-18(21)11-6-12-20(19)14-16-8-3-2-4-9-16/h2-5,7-10,13,19H,6,11-12,14H2,1H3. The lowest BCUT2D eigenvalue weighted by molar-refractivity contribution is -0.127. The summed E-state index contributed by atoms with van der Waals surface area (Å²) in [5.74, 6) is 0.350. The van der Waals surface area contributed by atoms with Gasteiger partial charge in [0, 0.05) is 13.0 Å². The Kier molecular flexibility index (Phi) is 4.16. The quantitative estimate of drug-likeness (QED) is 0.849. The van der Waals surface area contributed by atoms with Gasteiger partial charge in [0.05, 0.1) is 6.04 Å². The zero-order chi connectivity index (χ0) is 14.7. The molecular formula is C19H21NO. The van der Waals surface area contributed by atoms with Crippen LogP contribution in [0.1, 0.15) is 35.6 Å². The van der Waals surface area contributed by atoms with Crippen molar-refractivity contribution in [3.63, 3.8) is 0 Å². The SMILES string of the molecule is Cc1cccc(C2C(=O)CCCN2Cc2ccccc2)c1. The maximum atomic E-state index is 12.5. The zero-order valence-corrected chi connectivity index (χ0v) is 12.5. The number of aryl methyl sites for hydroxylation is 1. The van der Waals surface area contributed by atoms with Crippen molar-refractivity contribution in [3.8, 4) is 0 Å². The maximum Gasteiger partial charge on any atom is 0.154 e. The Morgan fingerprint density at radius 3 is 2.67 bits per heavy atom. The van der Waals surface area contributed by atoms with E-state index in [1.807, 2.05) is 12.1 Å². The Morgan fingerprint density at radius 2 is 1.90 bits per heavy atom. The topological polar surface area (TPSA) is 20.3 Å². The Morgan fingerprint density at radius 1 is 1.10 bits per heavy atom. The molecule has 1 unspecified atom stereocenters. The second kappa shape index (κ2) is 6.23. The lowest BCUT2D eigenvalue weighted by Gasteiger charge is -2.35. The van der Waals surface area contributed by atoms with Crippen molar-refractivity contribution in [2.75, 3.05) is 6.54 Å². The highest BCUT2D eigenvalue weighted by Crippen LogP contribution is 2.30. The number of carbonyl (C=O) groups is 1. The van der Waals surface area contributed by atoms with Crippen LogP contribution >= 0.6 is 0 Å². The largest absolute Gasteiger partial charge is 0.298 e. The fraction of sp³-hybridized carbons (Fsp3) is 0.316. The van der Waals surface area contributed by atoms with Crippen LogP contribution in [0.5, 0.6) is 0 Å². The third-order valence-corrected chi connectivity index (χ3v) is 4.12. The van der Waals surface area contributed by atoms with Crippen LogP contribution in [0, 0.1) is 6.92 Å². The van der Waals surface area contributed by atoms with Crippen LogP contribution in [0.2, 0.25) is 0 Å². The lowest BCUT2D eigenvalue weighted by Crippen LogP contribution is -2.38. The first-order valence-electron chi connectivity index (χ1n) is 7.61. The predicted octanol–water partition coefficient (Wildman–Crippen LogP) is 3.90. The first kappa shape index (κ1) is 14.0. The van der Waals surface area contributed by atoms with Crippen molar-refractivity contribution in [2.24, 2.45) is 0 Å². The molecule has 1 aliphatic rings. The Balaban J connectivity index is 1.88. The molecule has 0 radical (unpaired) electrons. The van der Waals surface area contributed by atoms with E-state index < -0.39 is 0 Å². The van der Waals surface area contributed by atoms with Gasteiger partial charge in [0.2, 0.25) is 0 Å². The highest BCUT2D eigenvalue weighted by atomic mass is 16.1. The molecule has 1 saturated heterocycles. The minimum absolute atomic E-state index is 0.0844. The molecule has 2 heteroatoms. The van der Waals surface area contributed by atoms with Gasteiger partial charge in [-0.2, -0.15) is 0 Å². The lowest BCUT2D eigenvalue weighted by atomic mass is 9.92. The molecule has 0 aromatic heterocycles. The van der Waals surface area contributed by atoms with Crippen LogP contribution in [0.15, 0.2) is 54.6 Å². The fourth-order valence-electron chi connectivity index (χ4n) is 3.15. The fourth-order valence-corrected chi connectivity index (χ4v) is 3.15. The van der Waals surface area contributed by atoms with Gasteiger partial charge >= 0.3 is 0 Å². The third-order valence-electron chi connectivity index (χ3n) is 4.12. The van der Waals surface area contributed by atoms with Gasteiger partial charge in [-0.15, -0.1) is 0 Å². The number of likely N-dealkylation sites (tertiary alicyclic amines) is 1. The van der Waals surface area contributed by atoms with Gasteiger partial charge in [0.15, 0.2) is 5.78 Å². The molecular weight excluding hydrogens is 258 g/mol.